The highest BCUT2D eigenvalue weighted by atomic mass is 16.5. The van der Waals surface area contributed by atoms with Crippen LogP contribution < -0.4 is 5.32 Å². The van der Waals surface area contributed by atoms with Crippen LogP contribution in [0.15, 0.2) is 12.1 Å². The van der Waals surface area contributed by atoms with Crippen LogP contribution in [0.4, 0.5) is 5.82 Å². The Kier molecular flexibility index (Phi) is 4.43. The number of carbonyl (C=O) groups excluding carboxylic acids is 1. The Balaban J connectivity index is 1.95. The molecule has 0 fully saturated rings. The molecule has 2 aromatic heterocycles. The smallest absolute Gasteiger partial charge is 0.251 e. The van der Waals surface area contributed by atoms with Crippen LogP contribution in [0, 0.1) is 6.92 Å². The van der Waals surface area contributed by atoms with Gasteiger partial charge >= 0.3 is 0 Å². The van der Waals surface area contributed by atoms with Crippen molar-refractivity contribution in [2.45, 2.75) is 6.92 Å². The van der Waals surface area contributed by atoms with Gasteiger partial charge in [-0.2, -0.15) is 5.10 Å². The first-order chi connectivity index (χ1) is 9.20. The summed E-state index contributed by atoms with van der Waals surface area (Å²) in [6, 6.07) is 3.73. The fraction of sp³-hybridized carbons (Fsp3) is 0.417. The van der Waals surface area contributed by atoms with Gasteiger partial charge in [0.2, 0.25) is 0 Å². The molecular formula is C12H16N4O3. The van der Waals surface area contributed by atoms with E-state index in [1.54, 1.807) is 7.11 Å². The van der Waals surface area contributed by atoms with E-state index in [1.807, 2.05) is 19.1 Å². The molecule has 7 heteroatoms. The van der Waals surface area contributed by atoms with Crippen LogP contribution in [0.25, 0.3) is 11.0 Å². The molecule has 0 aliphatic rings. The molecule has 0 atom stereocenters. The number of rotatable bonds is 6. The van der Waals surface area contributed by atoms with Crippen LogP contribution in [-0.4, -0.2) is 48.0 Å². The highest BCUT2D eigenvalue weighted by molar-refractivity contribution is 5.99. The first kappa shape index (κ1) is 13.4. The summed E-state index contributed by atoms with van der Waals surface area (Å²) in [5.41, 5.74) is 1.53. The first-order valence-electron chi connectivity index (χ1n) is 5.89. The van der Waals surface area contributed by atoms with Crippen molar-refractivity contribution < 1.29 is 14.3 Å². The van der Waals surface area contributed by atoms with E-state index in [0.717, 1.165) is 11.1 Å². The third-order valence-corrected chi connectivity index (χ3v) is 2.49. The second kappa shape index (κ2) is 6.26. The highest BCUT2D eigenvalue weighted by Crippen LogP contribution is 2.18. The number of aryl methyl sites for hydroxylation is 1. The second-order valence-electron chi connectivity index (χ2n) is 4.01. The van der Waals surface area contributed by atoms with Crippen molar-refractivity contribution in [2.75, 3.05) is 32.2 Å². The van der Waals surface area contributed by atoms with E-state index in [1.165, 1.54) is 0 Å². The van der Waals surface area contributed by atoms with Gasteiger partial charge < -0.3 is 14.8 Å². The minimum atomic E-state index is -0.259. The van der Waals surface area contributed by atoms with E-state index in [9.17, 15) is 4.79 Å². The number of aromatic amines is 1. The molecule has 0 saturated heterocycles. The lowest BCUT2D eigenvalue weighted by Crippen LogP contribution is -2.19. The zero-order chi connectivity index (χ0) is 13.7. The van der Waals surface area contributed by atoms with E-state index in [4.69, 9.17) is 9.47 Å². The predicted molar refractivity (Wildman–Crippen MR) is 70.0 cm³/mol. The molecule has 0 radical (unpaired) electrons. The number of fused-ring (bicyclic) bond motifs is 1. The Hall–Kier alpha value is -1.99. The molecule has 0 saturated carbocycles. The van der Waals surface area contributed by atoms with E-state index >= 15 is 0 Å². The fourth-order valence-corrected chi connectivity index (χ4v) is 1.57. The van der Waals surface area contributed by atoms with Crippen molar-refractivity contribution in [3.05, 3.63) is 17.8 Å². The monoisotopic (exact) mass is 264 g/mol. The Morgan fingerprint density at radius 1 is 1.42 bits per heavy atom. The SMILES string of the molecule is COCCOCC(=O)Nc1n[nH]c2nc(C)ccc12. The van der Waals surface area contributed by atoms with Crippen molar-refractivity contribution in [3.63, 3.8) is 0 Å². The van der Waals surface area contributed by atoms with Crippen LogP contribution in [0.1, 0.15) is 5.69 Å². The summed E-state index contributed by atoms with van der Waals surface area (Å²) < 4.78 is 9.94. The molecular weight excluding hydrogens is 248 g/mol. The molecule has 2 N–H and O–H groups in total. The summed E-state index contributed by atoms with van der Waals surface area (Å²) in [6.07, 6.45) is 0. The van der Waals surface area contributed by atoms with Crippen molar-refractivity contribution >= 4 is 22.8 Å². The van der Waals surface area contributed by atoms with Gasteiger partial charge in [-0.3, -0.25) is 9.89 Å². The number of hydrogen-bond donors (Lipinski definition) is 2. The van der Waals surface area contributed by atoms with Crippen LogP contribution in [-0.2, 0) is 14.3 Å². The number of nitrogens with zero attached hydrogens (tertiary/aromatic N) is 2. The Bertz CT molecular complexity index is 567. The normalized spacial score (nSPS) is 10.8. The van der Waals surface area contributed by atoms with Gasteiger partial charge in [0.1, 0.15) is 6.61 Å². The predicted octanol–water partition coefficient (Wildman–Crippen LogP) is 0.868. The van der Waals surface area contributed by atoms with Gasteiger partial charge in [-0.1, -0.05) is 0 Å². The Morgan fingerprint density at radius 2 is 2.26 bits per heavy atom. The molecule has 0 bridgehead atoms. The third kappa shape index (κ3) is 3.49. The van der Waals surface area contributed by atoms with Gasteiger partial charge in [-0.05, 0) is 19.1 Å². The number of nitrogens with one attached hydrogen (secondary N) is 2. The topological polar surface area (TPSA) is 89.1 Å². The van der Waals surface area contributed by atoms with E-state index in [0.29, 0.717) is 24.7 Å². The highest BCUT2D eigenvalue weighted by Gasteiger charge is 2.10. The molecule has 0 aromatic carbocycles. The van der Waals surface area contributed by atoms with Gasteiger partial charge in [0.25, 0.3) is 5.91 Å². The van der Waals surface area contributed by atoms with Crippen LogP contribution >= 0.6 is 0 Å². The number of ether oxygens (including phenoxy) is 2. The Morgan fingerprint density at radius 3 is 3.05 bits per heavy atom. The fourth-order valence-electron chi connectivity index (χ4n) is 1.57. The average molecular weight is 264 g/mol. The molecule has 19 heavy (non-hydrogen) atoms. The minimum absolute atomic E-state index is 0.0308. The summed E-state index contributed by atoms with van der Waals surface area (Å²) in [4.78, 5) is 15.9. The number of methoxy groups -OCH3 is 1. The Labute approximate surface area is 110 Å². The van der Waals surface area contributed by atoms with E-state index in [2.05, 4.69) is 20.5 Å². The molecule has 102 valence electrons. The summed E-state index contributed by atoms with van der Waals surface area (Å²) in [5, 5.41) is 10.2. The van der Waals surface area contributed by atoms with Crippen molar-refractivity contribution in [1.82, 2.24) is 15.2 Å². The van der Waals surface area contributed by atoms with E-state index in [-0.39, 0.29) is 12.5 Å². The van der Waals surface area contributed by atoms with Crippen LogP contribution in [0.2, 0.25) is 0 Å². The number of carbonyl (C=O) groups is 1. The molecule has 0 aliphatic carbocycles. The molecule has 0 spiro atoms. The van der Waals surface area contributed by atoms with Gasteiger partial charge in [0.15, 0.2) is 11.5 Å². The third-order valence-electron chi connectivity index (χ3n) is 2.49. The molecule has 0 aliphatic heterocycles. The summed E-state index contributed by atoms with van der Waals surface area (Å²) >= 11 is 0. The summed E-state index contributed by atoms with van der Waals surface area (Å²) in [6.45, 7) is 2.70. The summed E-state index contributed by atoms with van der Waals surface area (Å²) in [7, 11) is 1.58. The molecule has 0 unspecified atom stereocenters. The van der Waals surface area contributed by atoms with Gasteiger partial charge in [0, 0.05) is 12.8 Å². The maximum atomic E-state index is 11.6. The standard InChI is InChI=1S/C12H16N4O3/c1-8-3-4-9-11(13-8)15-16-12(9)14-10(17)7-19-6-5-18-2/h3-4H,5-7H2,1-2H3,(H2,13,14,15,16,17). The molecule has 7 nitrogen and oxygen atoms in total. The zero-order valence-corrected chi connectivity index (χ0v) is 10.9. The average Bonchev–Trinajstić information content (AvgIpc) is 2.77. The molecule has 2 aromatic rings. The number of H-pyrrole nitrogens is 1. The zero-order valence-electron chi connectivity index (χ0n) is 10.9. The largest absolute Gasteiger partial charge is 0.382 e. The molecule has 2 rings (SSSR count). The second-order valence-corrected chi connectivity index (χ2v) is 4.01. The van der Waals surface area contributed by atoms with Crippen molar-refractivity contribution in [3.8, 4) is 0 Å². The number of aromatic nitrogens is 3. The number of hydrogen-bond acceptors (Lipinski definition) is 5. The molecule has 1 amide bonds. The quantitative estimate of drug-likeness (QED) is 0.756. The lowest BCUT2D eigenvalue weighted by Gasteiger charge is -2.04. The number of amides is 1. The maximum absolute atomic E-state index is 11.6. The number of pyridine rings is 1. The van der Waals surface area contributed by atoms with Crippen molar-refractivity contribution in [2.24, 2.45) is 0 Å². The lowest BCUT2D eigenvalue weighted by atomic mass is 10.3. The van der Waals surface area contributed by atoms with Gasteiger partial charge in [-0.25, -0.2) is 4.98 Å². The molecule has 2 heterocycles. The van der Waals surface area contributed by atoms with E-state index < -0.39 is 0 Å². The van der Waals surface area contributed by atoms with Crippen LogP contribution in [0.5, 0.6) is 0 Å². The first-order valence-corrected chi connectivity index (χ1v) is 5.89. The maximum Gasteiger partial charge on any atom is 0.251 e. The van der Waals surface area contributed by atoms with Gasteiger partial charge in [0.05, 0.1) is 18.6 Å². The number of anilines is 1. The van der Waals surface area contributed by atoms with Gasteiger partial charge in [-0.15, -0.1) is 0 Å². The minimum Gasteiger partial charge on any atom is -0.382 e. The van der Waals surface area contributed by atoms with Crippen LogP contribution in [0.3, 0.4) is 0 Å². The lowest BCUT2D eigenvalue weighted by molar-refractivity contribution is -0.121. The summed E-state index contributed by atoms with van der Waals surface area (Å²) in [5.74, 6) is 0.202. The van der Waals surface area contributed by atoms with Crippen molar-refractivity contribution in [1.29, 1.82) is 0 Å².